The summed E-state index contributed by atoms with van der Waals surface area (Å²) in [5.41, 5.74) is 1.06. The van der Waals surface area contributed by atoms with Crippen molar-refractivity contribution in [1.82, 2.24) is 0 Å². The molecule has 0 atom stereocenters. The number of hydrogen-bond donors (Lipinski definition) is 6. The summed E-state index contributed by atoms with van der Waals surface area (Å²) in [7, 11) is -5.50. The first-order valence-corrected chi connectivity index (χ1v) is 5.42. The van der Waals surface area contributed by atoms with Gasteiger partial charge in [0.15, 0.2) is 0 Å². The Balaban J connectivity index is 3.76. The first kappa shape index (κ1) is 15.2. The standard InChI is InChI=1S/C9H15B3O6/c1-4-7(10(13)14)5(2)9(12(17)18)6(3)8(4)11(15)16/h13-18H,1-3H3. The van der Waals surface area contributed by atoms with Crippen LogP contribution in [0.1, 0.15) is 16.7 Å². The third kappa shape index (κ3) is 2.46. The minimum atomic E-state index is -1.83. The summed E-state index contributed by atoms with van der Waals surface area (Å²) in [6, 6.07) is 0. The van der Waals surface area contributed by atoms with E-state index in [1.807, 2.05) is 0 Å². The molecule has 1 aromatic rings. The van der Waals surface area contributed by atoms with Crippen LogP contribution in [0.3, 0.4) is 0 Å². The molecule has 0 aliphatic heterocycles. The lowest BCUT2D eigenvalue weighted by Gasteiger charge is -2.21. The Labute approximate surface area is 106 Å². The molecule has 1 rings (SSSR count). The Morgan fingerprint density at radius 2 is 0.667 bits per heavy atom. The predicted molar refractivity (Wildman–Crippen MR) is 70.1 cm³/mol. The van der Waals surface area contributed by atoms with Gasteiger partial charge in [0, 0.05) is 0 Å². The summed E-state index contributed by atoms with van der Waals surface area (Å²) in [4.78, 5) is 0. The van der Waals surface area contributed by atoms with E-state index in [2.05, 4.69) is 0 Å². The minimum absolute atomic E-state index is 0.0480. The second kappa shape index (κ2) is 5.44. The highest BCUT2D eigenvalue weighted by Gasteiger charge is 2.31. The molecule has 0 aliphatic carbocycles. The van der Waals surface area contributed by atoms with E-state index in [1.165, 1.54) is 20.8 Å². The third-order valence-electron chi connectivity index (χ3n) is 3.20. The van der Waals surface area contributed by atoms with Crippen LogP contribution in [0.5, 0.6) is 0 Å². The van der Waals surface area contributed by atoms with Crippen LogP contribution < -0.4 is 16.4 Å². The van der Waals surface area contributed by atoms with Crippen molar-refractivity contribution in [2.24, 2.45) is 0 Å². The molecule has 0 aromatic heterocycles. The average Bonchev–Trinajstić information content (AvgIpc) is 2.14. The summed E-state index contributed by atoms with van der Waals surface area (Å²) >= 11 is 0. The van der Waals surface area contributed by atoms with E-state index in [9.17, 15) is 30.1 Å². The van der Waals surface area contributed by atoms with Gasteiger partial charge in [-0.05, 0) is 37.2 Å². The zero-order valence-electron chi connectivity index (χ0n) is 10.4. The van der Waals surface area contributed by atoms with Crippen molar-refractivity contribution in [2.45, 2.75) is 20.8 Å². The molecule has 0 amide bonds. The second-order valence-electron chi connectivity index (χ2n) is 4.24. The molecule has 0 aliphatic rings. The molecule has 9 heteroatoms. The fourth-order valence-electron chi connectivity index (χ4n) is 2.44. The Kier molecular flexibility index (Phi) is 4.60. The van der Waals surface area contributed by atoms with Crippen LogP contribution in [-0.4, -0.2) is 51.5 Å². The Morgan fingerprint density at radius 1 is 0.500 bits per heavy atom. The summed E-state index contributed by atoms with van der Waals surface area (Å²) in [6.07, 6.45) is 0. The van der Waals surface area contributed by atoms with E-state index >= 15 is 0 Å². The zero-order chi connectivity index (χ0) is 14.2. The average molecular weight is 252 g/mol. The molecule has 18 heavy (non-hydrogen) atoms. The van der Waals surface area contributed by atoms with Gasteiger partial charge in [0.25, 0.3) is 0 Å². The van der Waals surface area contributed by atoms with Gasteiger partial charge in [0.1, 0.15) is 0 Å². The van der Waals surface area contributed by atoms with Crippen molar-refractivity contribution in [3.05, 3.63) is 16.7 Å². The van der Waals surface area contributed by atoms with E-state index in [0.717, 1.165) is 0 Å². The Hall–Kier alpha value is -0.825. The molecule has 0 saturated carbocycles. The van der Waals surface area contributed by atoms with E-state index in [0.29, 0.717) is 16.7 Å². The molecule has 96 valence electrons. The van der Waals surface area contributed by atoms with Gasteiger partial charge in [-0.15, -0.1) is 0 Å². The molecule has 0 fully saturated rings. The summed E-state index contributed by atoms with van der Waals surface area (Å²) < 4.78 is 0. The highest BCUT2D eigenvalue weighted by atomic mass is 16.4. The van der Waals surface area contributed by atoms with Crippen molar-refractivity contribution in [2.75, 3.05) is 0 Å². The summed E-state index contributed by atoms with van der Waals surface area (Å²) in [5.74, 6) is 0. The fourth-order valence-corrected chi connectivity index (χ4v) is 2.44. The molecule has 0 spiro atoms. The molecule has 6 nitrogen and oxygen atoms in total. The van der Waals surface area contributed by atoms with E-state index < -0.39 is 21.4 Å². The van der Waals surface area contributed by atoms with Crippen molar-refractivity contribution >= 4 is 37.7 Å². The van der Waals surface area contributed by atoms with Crippen LogP contribution in [0, 0.1) is 20.8 Å². The highest BCUT2D eigenvalue weighted by molar-refractivity contribution is 6.68. The molecule has 0 radical (unpaired) electrons. The fraction of sp³-hybridized carbons (Fsp3) is 0.333. The van der Waals surface area contributed by atoms with Crippen LogP contribution >= 0.6 is 0 Å². The molecule has 0 saturated heterocycles. The number of hydrogen-bond acceptors (Lipinski definition) is 6. The van der Waals surface area contributed by atoms with E-state index in [-0.39, 0.29) is 16.4 Å². The largest absolute Gasteiger partial charge is 0.488 e. The Morgan fingerprint density at radius 3 is 0.778 bits per heavy atom. The van der Waals surface area contributed by atoms with Crippen LogP contribution in [0.25, 0.3) is 0 Å². The molecule has 1 aromatic carbocycles. The van der Waals surface area contributed by atoms with Gasteiger partial charge >= 0.3 is 21.4 Å². The van der Waals surface area contributed by atoms with Crippen LogP contribution in [0.4, 0.5) is 0 Å². The van der Waals surface area contributed by atoms with Crippen molar-refractivity contribution in [3.63, 3.8) is 0 Å². The topological polar surface area (TPSA) is 121 Å². The van der Waals surface area contributed by atoms with Crippen LogP contribution in [0.15, 0.2) is 0 Å². The second-order valence-corrected chi connectivity index (χ2v) is 4.24. The van der Waals surface area contributed by atoms with E-state index in [1.54, 1.807) is 0 Å². The van der Waals surface area contributed by atoms with Crippen LogP contribution in [0.2, 0.25) is 0 Å². The van der Waals surface area contributed by atoms with Crippen molar-refractivity contribution in [1.29, 1.82) is 0 Å². The lowest BCUT2D eigenvalue weighted by atomic mass is 9.59. The first-order chi connectivity index (χ1) is 8.20. The maximum absolute atomic E-state index is 9.32. The van der Waals surface area contributed by atoms with Gasteiger partial charge in [-0.3, -0.25) is 0 Å². The SMILES string of the molecule is Cc1c(B(O)O)c(C)c(B(O)O)c(C)c1B(O)O. The highest BCUT2D eigenvalue weighted by Crippen LogP contribution is 2.04. The van der Waals surface area contributed by atoms with Crippen molar-refractivity contribution < 1.29 is 30.1 Å². The monoisotopic (exact) mass is 252 g/mol. The lowest BCUT2D eigenvalue weighted by Crippen LogP contribution is -2.52. The molecule has 6 N–H and O–H groups in total. The summed E-state index contributed by atoms with van der Waals surface area (Å²) in [5, 5.41) is 55.9. The quantitative estimate of drug-likeness (QED) is 0.302. The van der Waals surface area contributed by atoms with E-state index in [4.69, 9.17) is 0 Å². The van der Waals surface area contributed by atoms with Gasteiger partial charge < -0.3 is 30.1 Å². The minimum Gasteiger partial charge on any atom is -0.423 e. The predicted octanol–water partition coefficient (Wildman–Crippen LogP) is -4.35. The molecule has 0 unspecified atom stereocenters. The normalized spacial score (nSPS) is 10.5. The van der Waals surface area contributed by atoms with Crippen LogP contribution in [-0.2, 0) is 0 Å². The lowest BCUT2D eigenvalue weighted by molar-refractivity contribution is 0.423. The van der Waals surface area contributed by atoms with Gasteiger partial charge in [0.2, 0.25) is 0 Å². The van der Waals surface area contributed by atoms with Gasteiger partial charge in [-0.25, -0.2) is 0 Å². The van der Waals surface area contributed by atoms with Gasteiger partial charge in [-0.2, -0.15) is 0 Å². The maximum Gasteiger partial charge on any atom is 0.488 e. The van der Waals surface area contributed by atoms with Crippen molar-refractivity contribution in [3.8, 4) is 0 Å². The summed E-state index contributed by atoms with van der Waals surface area (Å²) in [6.45, 7) is 4.53. The smallest absolute Gasteiger partial charge is 0.423 e. The molecule has 0 heterocycles. The molecular formula is C9H15B3O6. The first-order valence-electron chi connectivity index (χ1n) is 5.42. The third-order valence-corrected chi connectivity index (χ3v) is 3.20. The number of rotatable bonds is 3. The van der Waals surface area contributed by atoms with Gasteiger partial charge in [-0.1, -0.05) is 16.7 Å². The maximum atomic E-state index is 9.32. The van der Waals surface area contributed by atoms with Gasteiger partial charge in [0.05, 0.1) is 0 Å². The molecule has 0 bridgehead atoms. The Bertz CT molecular complexity index is 372. The zero-order valence-corrected chi connectivity index (χ0v) is 10.4. The number of benzene rings is 1. The molecular weight excluding hydrogens is 237 g/mol.